The maximum atomic E-state index is 14.4. The van der Waals surface area contributed by atoms with Crippen molar-refractivity contribution in [2.45, 2.75) is 40.0 Å². The molecule has 0 saturated carbocycles. The van der Waals surface area contributed by atoms with Crippen molar-refractivity contribution >= 4 is 17.1 Å². The summed E-state index contributed by atoms with van der Waals surface area (Å²) in [5.41, 5.74) is 16.1. The van der Waals surface area contributed by atoms with Crippen LogP contribution in [0.15, 0.2) is 34.9 Å². The van der Waals surface area contributed by atoms with E-state index in [2.05, 4.69) is 4.74 Å². The molecule has 35 heavy (non-hydrogen) atoms. The number of hydrogen-bond acceptors (Lipinski definition) is 8. The maximum absolute atomic E-state index is 14.4. The lowest BCUT2D eigenvalue weighted by atomic mass is 9.98. The molecule has 1 aromatic carbocycles. The molecule has 1 aliphatic heterocycles. The summed E-state index contributed by atoms with van der Waals surface area (Å²) >= 11 is 0. The highest BCUT2D eigenvalue weighted by molar-refractivity contribution is 5.88. The summed E-state index contributed by atoms with van der Waals surface area (Å²) in [6.45, 7) is 3.84. The summed E-state index contributed by atoms with van der Waals surface area (Å²) < 4.78 is 20.6. The zero-order valence-electron chi connectivity index (χ0n) is 19.5. The number of rotatable bonds is 7. The van der Waals surface area contributed by atoms with Crippen LogP contribution in [0.2, 0.25) is 0 Å². The van der Waals surface area contributed by atoms with Gasteiger partial charge in [-0.3, -0.25) is 4.79 Å². The molecule has 184 valence electrons. The number of nitrogens with zero attached hydrogens (tertiary/aromatic N) is 3. The van der Waals surface area contributed by atoms with Crippen LogP contribution in [0, 0.1) is 19.7 Å². The minimum atomic E-state index is -1.46. The smallest absolute Gasteiger partial charge is 0.450 e. The number of fused-ring (bicyclic) bond motifs is 4. The van der Waals surface area contributed by atoms with E-state index >= 15 is 0 Å². The number of hydrazine groups is 1. The SMILES string of the molecule is Cc1cc2c(CN(N)/C=C(\N)CCN)c3c(nc2cc1F)-c1cc(C)c(COC(=O)O)c(=O)n1C3. The molecule has 0 saturated heterocycles. The zero-order chi connectivity index (χ0) is 25.4. The molecule has 0 unspecified atom stereocenters. The standard InChI is InChI=1S/C24H27FN6O4/c1-12-6-21-22-17(10-31(21)23(32)18(12)11-35-24(33)34)16(9-30(28)8-14(27)3-4-26)15-5-13(2)19(25)7-20(15)29-22/h5-8H,3-4,9-11,26-28H2,1-2H3,(H,33,34)/b14-8-. The van der Waals surface area contributed by atoms with E-state index in [0.29, 0.717) is 46.7 Å². The number of hydrogen-bond donors (Lipinski definition) is 4. The summed E-state index contributed by atoms with van der Waals surface area (Å²) in [7, 11) is 0. The number of carbonyl (C=O) groups is 1. The van der Waals surface area contributed by atoms with Crippen molar-refractivity contribution in [1.29, 1.82) is 0 Å². The number of pyridine rings is 2. The minimum absolute atomic E-state index is 0.203. The molecule has 0 atom stereocenters. The molecule has 0 spiro atoms. The Labute approximate surface area is 200 Å². The summed E-state index contributed by atoms with van der Waals surface area (Å²) in [6.07, 6.45) is 0.617. The first-order valence-electron chi connectivity index (χ1n) is 11.0. The Morgan fingerprint density at radius 3 is 2.71 bits per heavy atom. The Morgan fingerprint density at radius 1 is 1.29 bits per heavy atom. The summed E-state index contributed by atoms with van der Waals surface area (Å²) in [5.74, 6) is 5.85. The summed E-state index contributed by atoms with van der Waals surface area (Å²) in [5, 5.41) is 11.0. The van der Waals surface area contributed by atoms with Crippen LogP contribution in [-0.2, 0) is 24.4 Å². The second-order valence-electron chi connectivity index (χ2n) is 8.59. The molecule has 10 nitrogen and oxygen atoms in total. The Bertz CT molecular complexity index is 1430. The van der Waals surface area contributed by atoms with E-state index in [4.69, 9.17) is 27.4 Å². The van der Waals surface area contributed by atoms with E-state index in [1.54, 1.807) is 32.2 Å². The molecule has 2 aromatic heterocycles. The molecule has 0 bridgehead atoms. The van der Waals surface area contributed by atoms with E-state index in [1.807, 2.05) is 0 Å². The van der Waals surface area contributed by atoms with E-state index in [1.165, 1.54) is 15.6 Å². The third-order valence-corrected chi connectivity index (χ3v) is 6.11. The average Bonchev–Trinajstić information content (AvgIpc) is 3.13. The number of benzene rings is 1. The topological polar surface area (TPSA) is 163 Å². The van der Waals surface area contributed by atoms with E-state index < -0.39 is 6.16 Å². The van der Waals surface area contributed by atoms with Gasteiger partial charge in [-0.1, -0.05) is 0 Å². The fourth-order valence-corrected chi connectivity index (χ4v) is 4.37. The molecule has 0 radical (unpaired) electrons. The van der Waals surface area contributed by atoms with Gasteiger partial charge in [0.05, 0.1) is 35.6 Å². The molecule has 3 heterocycles. The Morgan fingerprint density at radius 2 is 2.03 bits per heavy atom. The van der Waals surface area contributed by atoms with Gasteiger partial charge in [-0.05, 0) is 49.2 Å². The second-order valence-corrected chi connectivity index (χ2v) is 8.59. The average molecular weight is 483 g/mol. The lowest BCUT2D eigenvalue weighted by Gasteiger charge is -2.19. The number of aromatic nitrogens is 2. The maximum Gasteiger partial charge on any atom is 0.506 e. The molecule has 7 N–H and O–H groups in total. The molecule has 1 aliphatic rings. The van der Waals surface area contributed by atoms with Gasteiger partial charge in [-0.2, -0.15) is 0 Å². The van der Waals surface area contributed by atoms with Crippen LogP contribution in [0.1, 0.15) is 34.2 Å². The van der Waals surface area contributed by atoms with Crippen LogP contribution >= 0.6 is 0 Å². The number of aryl methyl sites for hydroxylation is 2. The van der Waals surface area contributed by atoms with Crippen molar-refractivity contribution in [1.82, 2.24) is 14.6 Å². The highest BCUT2D eigenvalue weighted by Gasteiger charge is 2.28. The normalized spacial score (nSPS) is 12.5. The van der Waals surface area contributed by atoms with Crippen molar-refractivity contribution in [3.8, 4) is 11.4 Å². The first kappa shape index (κ1) is 24.2. The van der Waals surface area contributed by atoms with Gasteiger partial charge in [-0.25, -0.2) is 20.0 Å². The third-order valence-electron chi connectivity index (χ3n) is 6.11. The number of halogens is 1. The van der Waals surface area contributed by atoms with Crippen molar-refractivity contribution < 1.29 is 19.0 Å². The second kappa shape index (κ2) is 9.35. The van der Waals surface area contributed by atoms with Gasteiger partial charge < -0.3 is 30.9 Å². The number of carboxylic acid groups (broad SMARTS) is 1. The molecule has 4 rings (SSSR count). The zero-order valence-corrected chi connectivity index (χ0v) is 19.5. The quantitative estimate of drug-likeness (QED) is 0.176. The van der Waals surface area contributed by atoms with Gasteiger partial charge in [-0.15, -0.1) is 0 Å². The van der Waals surface area contributed by atoms with Crippen LogP contribution in [0.25, 0.3) is 22.3 Å². The van der Waals surface area contributed by atoms with Crippen molar-refractivity contribution in [2.24, 2.45) is 17.3 Å². The molecule has 0 aliphatic carbocycles. The summed E-state index contributed by atoms with van der Waals surface area (Å²) in [4.78, 5) is 28.8. The van der Waals surface area contributed by atoms with Gasteiger partial charge in [0.1, 0.15) is 12.4 Å². The van der Waals surface area contributed by atoms with Crippen LogP contribution in [0.3, 0.4) is 0 Å². The van der Waals surface area contributed by atoms with E-state index in [9.17, 15) is 14.0 Å². The van der Waals surface area contributed by atoms with Crippen LogP contribution in [0.5, 0.6) is 0 Å². The largest absolute Gasteiger partial charge is 0.506 e. The van der Waals surface area contributed by atoms with Crippen molar-refractivity contribution in [3.05, 3.63) is 74.1 Å². The van der Waals surface area contributed by atoms with Gasteiger partial charge in [0.15, 0.2) is 0 Å². The highest BCUT2D eigenvalue weighted by Crippen LogP contribution is 2.37. The fourth-order valence-electron chi connectivity index (χ4n) is 4.37. The van der Waals surface area contributed by atoms with E-state index in [-0.39, 0.29) is 36.6 Å². The first-order valence-corrected chi connectivity index (χ1v) is 11.0. The molecule has 0 amide bonds. The van der Waals surface area contributed by atoms with Gasteiger partial charge >= 0.3 is 6.16 Å². The lowest BCUT2D eigenvalue weighted by molar-refractivity contribution is 0.0848. The highest BCUT2D eigenvalue weighted by atomic mass is 19.1. The van der Waals surface area contributed by atoms with Gasteiger partial charge in [0.2, 0.25) is 0 Å². The molecular weight excluding hydrogens is 455 g/mol. The molecular formula is C24H27FN6O4. The molecule has 11 heteroatoms. The van der Waals surface area contributed by atoms with Gasteiger partial charge in [0, 0.05) is 35.3 Å². The molecule has 3 aromatic rings. The number of nitrogens with two attached hydrogens (primary N) is 3. The lowest BCUT2D eigenvalue weighted by Crippen LogP contribution is -2.27. The van der Waals surface area contributed by atoms with E-state index in [0.717, 1.165) is 16.5 Å². The summed E-state index contributed by atoms with van der Waals surface area (Å²) in [6, 6.07) is 4.86. The Kier molecular flexibility index (Phi) is 6.46. The predicted molar refractivity (Wildman–Crippen MR) is 128 cm³/mol. The van der Waals surface area contributed by atoms with Crippen molar-refractivity contribution in [3.63, 3.8) is 0 Å². The minimum Gasteiger partial charge on any atom is -0.450 e. The predicted octanol–water partition coefficient (Wildman–Crippen LogP) is 2.20. The Hall–Kier alpha value is -3.96. The van der Waals surface area contributed by atoms with Crippen LogP contribution in [0.4, 0.5) is 9.18 Å². The number of ether oxygens (including phenoxy) is 1. The monoisotopic (exact) mass is 482 g/mol. The molecule has 0 fully saturated rings. The fraction of sp³-hybridized carbons (Fsp3) is 0.292. The van der Waals surface area contributed by atoms with Crippen molar-refractivity contribution in [2.75, 3.05) is 6.54 Å². The first-order chi connectivity index (χ1) is 16.6. The Balaban J connectivity index is 1.89. The van der Waals surface area contributed by atoms with Crippen LogP contribution < -0.4 is 22.9 Å². The van der Waals surface area contributed by atoms with Crippen LogP contribution in [-0.4, -0.2) is 32.4 Å². The van der Waals surface area contributed by atoms with Gasteiger partial charge in [0.25, 0.3) is 5.56 Å². The third kappa shape index (κ3) is 4.55.